The number of hydrogen-bond acceptors (Lipinski definition) is 0. The van der Waals surface area contributed by atoms with Crippen LogP contribution in [0.3, 0.4) is 0 Å². The molecule has 12 heavy (non-hydrogen) atoms. The Morgan fingerprint density at radius 2 is 1.42 bits per heavy atom. The van der Waals surface area contributed by atoms with E-state index >= 15 is 0 Å². The first-order chi connectivity index (χ1) is 4.70. The molecule has 1 radical (unpaired) electrons. The quantitative estimate of drug-likeness (QED) is 0.656. The molecule has 0 N–H and O–H groups in total. The van der Waals surface area contributed by atoms with Crippen LogP contribution in [0.4, 0.5) is 0 Å². The second-order valence-electron chi connectivity index (χ2n) is 2.87. The summed E-state index contributed by atoms with van der Waals surface area (Å²) >= 11 is 0. The molecule has 0 spiro atoms. The monoisotopic (exact) mass is 237 g/mol. The van der Waals surface area contributed by atoms with E-state index in [1.54, 1.807) is 0 Å². The molecule has 0 amide bonds. The largest absolute Gasteiger partial charge is 0.358 e. The van der Waals surface area contributed by atoms with Crippen LogP contribution in [0, 0.1) is 20.3 Å². The fraction of sp³-hybridized carbons (Fsp3) is 0.273. The van der Waals surface area contributed by atoms with E-state index in [9.17, 15) is 0 Å². The minimum atomic E-state index is 0. The summed E-state index contributed by atoms with van der Waals surface area (Å²) in [6.45, 7) is 6.37. The summed E-state index contributed by atoms with van der Waals surface area (Å²) < 4.78 is 0. The Hall–Kier alpha value is 0.194. The molecule has 1 aromatic rings. The van der Waals surface area contributed by atoms with Gasteiger partial charge in [0.2, 0.25) is 0 Å². The fourth-order valence-electron chi connectivity index (χ4n) is 0.887. The van der Waals surface area contributed by atoms with Crippen LogP contribution in [0.15, 0.2) is 24.3 Å². The average Bonchev–Trinajstić information content (AvgIpc) is 1.88. The van der Waals surface area contributed by atoms with Crippen LogP contribution in [0.1, 0.15) is 25.0 Å². The van der Waals surface area contributed by atoms with Gasteiger partial charge >= 0.3 is 0 Å². The van der Waals surface area contributed by atoms with Gasteiger partial charge < -0.3 is 7.43 Å². The van der Waals surface area contributed by atoms with Crippen molar-refractivity contribution in [2.75, 3.05) is 0 Å². The Morgan fingerprint density at radius 1 is 1.00 bits per heavy atom. The number of aryl methyl sites for hydroxylation is 1. The van der Waals surface area contributed by atoms with Crippen molar-refractivity contribution in [3.05, 3.63) is 48.7 Å². The summed E-state index contributed by atoms with van der Waals surface area (Å²) in [5.74, 6) is 1.38. The molecule has 1 aromatic carbocycles. The number of rotatable bonds is 1. The zero-order valence-corrected chi connectivity index (χ0v) is 11.2. The van der Waals surface area contributed by atoms with Crippen LogP contribution < -0.4 is 0 Å². The van der Waals surface area contributed by atoms with Crippen molar-refractivity contribution in [1.82, 2.24) is 0 Å². The zero-order chi connectivity index (χ0) is 7.56. The Balaban J connectivity index is 0. The second kappa shape index (κ2) is 6.68. The minimum absolute atomic E-state index is 0. The standard InChI is InChI=1S/C10H13.CH3.Y/c1-8(2)10-6-4-9(3)5-7-10;;/h4-7H,1-3H3;1H3;/q2*-1;. The number of hydrogen-bond donors (Lipinski definition) is 0. The molecule has 0 heterocycles. The molecule has 0 aromatic heterocycles. The molecule has 0 saturated carbocycles. The summed E-state index contributed by atoms with van der Waals surface area (Å²) in [5.41, 5.74) is 2.66. The van der Waals surface area contributed by atoms with Gasteiger partial charge in [-0.2, -0.15) is 23.6 Å². The molecule has 65 valence electrons. The predicted molar refractivity (Wildman–Crippen MR) is 51.3 cm³/mol. The first-order valence-electron chi connectivity index (χ1n) is 3.57. The van der Waals surface area contributed by atoms with Crippen LogP contribution in [-0.2, 0) is 32.7 Å². The van der Waals surface area contributed by atoms with Gasteiger partial charge in [-0.05, 0) is 6.92 Å². The molecule has 0 aliphatic rings. The molecule has 1 rings (SSSR count). The third-order valence-corrected chi connectivity index (χ3v) is 1.63. The summed E-state index contributed by atoms with van der Waals surface area (Å²) in [6.07, 6.45) is 0. The molecule has 0 unspecified atom stereocenters. The van der Waals surface area contributed by atoms with E-state index in [0.29, 0.717) is 0 Å². The second-order valence-corrected chi connectivity index (χ2v) is 2.87. The molecule has 0 saturated heterocycles. The summed E-state index contributed by atoms with van der Waals surface area (Å²) in [5, 5.41) is 0. The van der Waals surface area contributed by atoms with Crippen LogP contribution in [0.5, 0.6) is 0 Å². The van der Waals surface area contributed by atoms with Crippen molar-refractivity contribution in [1.29, 1.82) is 0 Å². The van der Waals surface area contributed by atoms with Gasteiger partial charge in [0.1, 0.15) is 0 Å². The van der Waals surface area contributed by atoms with Gasteiger partial charge in [0.15, 0.2) is 0 Å². The van der Waals surface area contributed by atoms with E-state index in [1.807, 2.05) is 0 Å². The third kappa shape index (κ3) is 4.28. The molecular weight excluding hydrogens is 221 g/mol. The summed E-state index contributed by atoms with van der Waals surface area (Å²) in [4.78, 5) is 0. The van der Waals surface area contributed by atoms with Crippen molar-refractivity contribution in [2.45, 2.75) is 20.8 Å². The van der Waals surface area contributed by atoms with Gasteiger partial charge in [0.25, 0.3) is 0 Å². The third-order valence-electron chi connectivity index (χ3n) is 1.63. The summed E-state index contributed by atoms with van der Waals surface area (Å²) in [7, 11) is 0. The molecule has 0 aliphatic heterocycles. The van der Waals surface area contributed by atoms with Crippen LogP contribution in [-0.4, -0.2) is 0 Å². The normalized spacial score (nSPS) is 7.92. The average molecular weight is 237 g/mol. The van der Waals surface area contributed by atoms with Crippen molar-refractivity contribution in [2.24, 2.45) is 0 Å². The molecule has 0 bridgehead atoms. The topological polar surface area (TPSA) is 0 Å². The summed E-state index contributed by atoms with van der Waals surface area (Å²) in [6, 6.07) is 8.60. The van der Waals surface area contributed by atoms with Crippen molar-refractivity contribution >= 4 is 0 Å². The van der Waals surface area contributed by atoms with Gasteiger partial charge in [-0.15, -0.1) is 12.1 Å². The maximum atomic E-state index is 2.16. The first-order valence-corrected chi connectivity index (χ1v) is 3.57. The molecule has 1 heteroatoms. The van der Waals surface area contributed by atoms with E-state index in [0.717, 1.165) is 0 Å². The smallest absolute Gasteiger partial charge is 0 e. The maximum absolute atomic E-state index is 2.16. The zero-order valence-electron chi connectivity index (χ0n) is 8.39. The minimum Gasteiger partial charge on any atom is -0.358 e. The first kappa shape index (κ1) is 14.7. The van der Waals surface area contributed by atoms with Crippen molar-refractivity contribution < 1.29 is 32.7 Å². The molecule has 0 nitrogen and oxygen atoms in total. The Labute approximate surface area is 102 Å². The SMILES string of the molecule is Cc1ccc([C-](C)C)cc1.[CH3-].[Y]. The van der Waals surface area contributed by atoms with Crippen LogP contribution >= 0.6 is 0 Å². The van der Waals surface area contributed by atoms with Gasteiger partial charge in [-0.25, -0.2) is 0 Å². The fourth-order valence-corrected chi connectivity index (χ4v) is 0.887. The van der Waals surface area contributed by atoms with E-state index in [2.05, 4.69) is 45.0 Å². The molecule has 0 fully saturated rings. The van der Waals surface area contributed by atoms with Gasteiger partial charge in [-0.3, -0.25) is 0 Å². The predicted octanol–water partition coefficient (Wildman–Crippen LogP) is 3.41. The van der Waals surface area contributed by atoms with Crippen molar-refractivity contribution in [3.8, 4) is 0 Å². The van der Waals surface area contributed by atoms with E-state index < -0.39 is 0 Å². The van der Waals surface area contributed by atoms with Gasteiger partial charge in [0.05, 0.1) is 0 Å². The number of benzene rings is 1. The molecule has 0 aliphatic carbocycles. The molecular formula is C11H16Y-2. The Morgan fingerprint density at radius 3 is 1.75 bits per heavy atom. The molecule has 0 atom stereocenters. The Kier molecular flexibility index (Phi) is 8.19. The van der Waals surface area contributed by atoms with Gasteiger partial charge in [0, 0.05) is 32.7 Å². The van der Waals surface area contributed by atoms with Crippen LogP contribution in [0.25, 0.3) is 0 Å². The van der Waals surface area contributed by atoms with E-state index in [-0.39, 0.29) is 40.1 Å². The van der Waals surface area contributed by atoms with E-state index in [4.69, 9.17) is 0 Å². The maximum Gasteiger partial charge on any atom is 0 e. The Bertz CT molecular complexity index is 199. The van der Waals surface area contributed by atoms with Crippen LogP contribution in [0.2, 0.25) is 0 Å². The van der Waals surface area contributed by atoms with Gasteiger partial charge in [-0.1, -0.05) is 19.4 Å². The van der Waals surface area contributed by atoms with Crippen molar-refractivity contribution in [3.63, 3.8) is 0 Å². The van der Waals surface area contributed by atoms with E-state index in [1.165, 1.54) is 17.0 Å².